The number of hydrogen-bond acceptors (Lipinski definition) is 1. The molecule has 0 N–H and O–H groups in total. The molecule has 0 aliphatic carbocycles. The van der Waals surface area contributed by atoms with E-state index in [2.05, 4.69) is 20.3 Å². The minimum Gasteiger partial charge on any atom is -0.261 e. The van der Waals surface area contributed by atoms with E-state index in [-0.39, 0.29) is 0 Å². The van der Waals surface area contributed by atoms with Gasteiger partial charge in [0.15, 0.2) is 0 Å². The van der Waals surface area contributed by atoms with Crippen molar-refractivity contribution in [3.63, 3.8) is 0 Å². The molecule has 0 aromatic carbocycles. The first-order valence-electron chi connectivity index (χ1n) is 3.20. The topological polar surface area (TPSA) is 12.9 Å². The first kappa shape index (κ1) is 7.43. The number of aromatic nitrogens is 1. The Bertz CT molecular complexity index is 206. The zero-order valence-electron chi connectivity index (χ0n) is 5.70. The molecule has 0 aliphatic heterocycles. The third kappa shape index (κ3) is 2.28. The second-order valence-corrected chi connectivity index (χ2v) is 2.34. The molecule has 52 valence electrons. The van der Waals surface area contributed by atoms with Crippen LogP contribution in [0.5, 0.6) is 0 Å². The highest BCUT2D eigenvalue weighted by atomic mass is 31.0. The Morgan fingerprint density at radius 2 is 2.40 bits per heavy atom. The Morgan fingerprint density at radius 1 is 1.50 bits per heavy atom. The van der Waals surface area contributed by atoms with Gasteiger partial charge in [-0.2, -0.15) is 0 Å². The molecule has 1 unspecified atom stereocenters. The molecule has 0 bridgehead atoms. The van der Waals surface area contributed by atoms with Gasteiger partial charge in [-0.25, -0.2) is 0 Å². The number of hydrogen-bond donors (Lipinski definition) is 0. The predicted octanol–water partition coefficient (Wildman–Crippen LogP) is 2.01. The van der Waals surface area contributed by atoms with Gasteiger partial charge in [0.25, 0.3) is 0 Å². The van der Waals surface area contributed by atoms with Crippen molar-refractivity contribution in [2.75, 3.05) is 0 Å². The van der Waals surface area contributed by atoms with Crippen molar-refractivity contribution in [3.05, 3.63) is 42.0 Å². The van der Waals surface area contributed by atoms with Gasteiger partial charge in [-0.15, -0.1) is 9.24 Å². The summed E-state index contributed by atoms with van der Waals surface area (Å²) in [6, 6.07) is 5.94. The molecule has 1 aromatic heterocycles. The standard InChI is InChI=1S/C8H10NP/c10-7-3-5-8-4-1-2-6-9-8/h1-4,6-7H,5,10H2. The minimum absolute atomic E-state index is 0.921. The zero-order valence-corrected chi connectivity index (χ0v) is 6.85. The summed E-state index contributed by atoms with van der Waals surface area (Å²) < 4.78 is 0. The monoisotopic (exact) mass is 151 g/mol. The lowest BCUT2D eigenvalue weighted by molar-refractivity contribution is 1.11. The van der Waals surface area contributed by atoms with Crippen LogP contribution in [0.15, 0.2) is 36.3 Å². The van der Waals surface area contributed by atoms with Crippen LogP contribution in [0.25, 0.3) is 0 Å². The summed E-state index contributed by atoms with van der Waals surface area (Å²) in [7, 11) is 2.54. The zero-order chi connectivity index (χ0) is 7.23. The highest BCUT2D eigenvalue weighted by Gasteiger charge is 1.84. The van der Waals surface area contributed by atoms with Crippen molar-refractivity contribution >= 4 is 9.24 Å². The lowest BCUT2D eigenvalue weighted by Gasteiger charge is -1.91. The van der Waals surface area contributed by atoms with E-state index in [0.717, 1.165) is 12.1 Å². The second-order valence-electron chi connectivity index (χ2n) is 1.95. The van der Waals surface area contributed by atoms with E-state index in [1.54, 1.807) is 0 Å². The maximum atomic E-state index is 4.16. The summed E-state index contributed by atoms with van der Waals surface area (Å²) in [5.74, 6) is 1.95. The van der Waals surface area contributed by atoms with Crippen molar-refractivity contribution in [2.24, 2.45) is 0 Å². The first-order valence-corrected chi connectivity index (χ1v) is 3.87. The van der Waals surface area contributed by atoms with Crippen molar-refractivity contribution in [2.45, 2.75) is 6.42 Å². The van der Waals surface area contributed by atoms with Crippen LogP contribution < -0.4 is 0 Å². The molecule has 1 nitrogen and oxygen atoms in total. The third-order valence-electron chi connectivity index (χ3n) is 1.19. The Kier molecular flexibility index (Phi) is 3.11. The second kappa shape index (κ2) is 4.19. The average molecular weight is 151 g/mol. The van der Waals surface area contributed by atoms with Gasteiger partial charge in [0.1, 0.15) is 0 Å². The molecule has 1 aromatic rings. The Hall–Kier alpha value is -0.680. The normalized spacial score (nSPS) is 10.5. The van der Waals surface area contributed by atoms with Crippen LogP contribution in [-0.4, -0.2) is 4.98 Å². The van der Waals surface area contributed by atoms with Crippen LogP contribution in [0.3, 0.4) is 0 Å². The van der Waals surface area contributed by atoms with E-state index >= 15 is 0 Å². The first-order chi connectivity index (χ1) is 4.93. The largest absolute Gasteiger partial charge is 0.261 e. The lowest BCUT2D eigenvalue weighted by Crippen LogP contribution is -1.83. The smallest absolute Gasteiger partial charge is 0.0441 e. The SMILES string of the molecule is PC=CCc1ccccn1. The van der Waals surface area contributed by atoms with Gasteiger partial charge in [-0.05, 0) is 12.1 Å². The molecule has 0 radical (unpaired) electrons. The molecule has 10 heavy (non-hydrogen) atoms. The molecule has 1 atom stereocenters. The van der Waals surface area contributed by atoms with Crippen LogP contribution in [0.2, 0.25) is 0 Å². The summed E-state index contributed by atoms with van der Waals surface area (Å²) in [4.78, 5) is 4.16. The molecule has 0 aliphatic rings. The maximum Gasteiger partial charge on any atom is 0.0441 e. The molecular formula is C8H10NP. The van der Waals surface area contributed by atoms with Crippen molar-refractivity contribution < 1.29 is 0 Å². The number of allylic oxidation sites excluding steroid dienone is 1. The fourth-order valence-electron chi connectivity index (χ4n) is 0.708. The molecule has 2 heteroatoms. The van der Waals surface area contributed by atoms with E-state index in [1.165, 1.54) is 0 Å². The van der Waals surface area contributed by atoms with Gasteiger partial charge in [0, 0.05) is 18.3 Å². The summed E-state index contributed by atoms with van der Waals surface area (Å²) in [5.41, 5.74) is 1.11. The molecule has 0 saturated carbocycles. The molecule has 1 heterocycles. The molecule has 1 rings (SSSR count). The molecule has 0 fully saturated rings. The Morgan fingerprint density at radius 3 is 3.00 bits per heavy atom. The van der Waals surface area contributed by atoms with Gasteiger partial charge >= 0.3 is 0 Å². The number of rotatable bonds is 2. The van der Waals surface area contributed by atoms with E-state index in [9.17, 15) is 0 Å². The van der Waals surface area contributed by atoms with Crippen molar-refractivity contribution in [3.8, 4) is 0 Å². The fourth-order valence-corrected chi connectivity index (χ4v) is 0.844. The summed E-state index contributed by atoms with van der Waals surface area (Å²) in [5, 5.41) is 0. The quantitative estimate of drug-likeness (QED) is 0.589. The third-order valence-corrected chi connectivity index (χ3v) is 1.46. The van der Waals surface area contributed by atoms with Crippen LogP contribution in [0.1, 0.15) is 5.69 Å². The van der Waals surface area contributed by atoms with E-state index in [0.29, 0.717) is 0 Å². The summed E-state index contributed by atoms with van der Waals surface area (Å²) >= 11 is 0. The van der Waals surface area contributed by atoms with E-state index in [1.807, 2.05) is 30.2 Å². The van der Waals surface area contributed by atoms with E-state index in [4.69, 9.17) is 0 Å². The lowest BCUT2D eigenvalue weighted by atomic mass is 10.3. The predicted molar refractivity (Wildman–Crippen MR) is 46.8 cm³/mol. The summed E-state index contributed by atoms with van der Waals surface area (Å²) in [6.07, 6.45) is 4.79. The van der Waals surface area contributed by atoms with Crippen molar-refractivity contribution in [1.82, 2.24) is 4.98 Å². The number of pyridine rings is 1. The van der Waals surface area contributed by atoms with Crippen LogP contribution in [-0.2, 0) is 6.42 Å². The highest BCUT2D eigenvalue weighted by Crippen LogP contribution is 1.96. The molecule has 0 spiro atoms. The maximum absolute atomic E-state index is 4.16. The molecule has 0 saturated heterocycles. The molecule has 0 amide bonds. The van der Waals surface area contributed by atoms with Gasteiger partial charge < -0.3 is 0 Å². The average Bonchev–Trinajstić information content (AvgIpc) is 2.03. The minimum atomic E-state index is 0.921. The van der Waals surface area contributed by atoms with Gasteiger partial charge in [0.2, 0.25) is 0 Å². The highest BCUT2D eigenvalue weighted by molar-refractivity contribution is 7.20. The van der Waals surface area contributed by atoms with Crippen LogP contribution in [0.4, 0.5) is 0 Å². The fraction of sp³-hybridized carbons (Fsp3) is 0.125. The van der Waals surface area contributed by atoms with E-state index < -0.39 is 0 Å². The Labute approximate surface area is 63.4 Å². The van der Waals surface area contributed by atoms with Gasteiger partial charge in [0.05, 0.1) is 0 Å². The molecular weight excluding hydrogens is 141 g/mol. The van der Waals surface area contributed by atoms with Gasteiger partial charge in [-0.3, -0.25) is 4.98 Å². The van der Waals surface area contributed by atoms with Crippen molar-refractivity contribution in [1.29, 1.82) is 0 Å². The van der Waals surface area contributed by atoms with Crippen LogP contribution >= 0.6 is 9.24 Å². The number of nitrogens with zero attached hydrogens (tertiary/aromatic N) is 1. The van der Waals surface area contributed by atoms with Crippen LogP contribution in [0, 0.1) is 0 Å². The van der Waals surface area contributed by atoms with Gasteiger partial charge in [-0.1, -0.05) is 18.0 Å². The Balaban J connectivity index is 2.59. The summed E-state index contributed by atoms with van der Waals surface area (Å²) in [6.45, 7) is 0.